The summed E-state index contributed by atoms with van der Waals surface area (Å²) >= 11 is 0. The fourth-order valence-electron chi connectivity index (χ4n) is 4.37. The second-order valence-corrected chi connectivity index (χ2v) is 12.4. The largest absolute Gasteiger partial charge is 0.481 e. The van der Waals surface area contributed by atoms with Crippen molar-refractivity contribution >= 4 is 27.6 Å². The molecule has 1 fully saturated rings. The van der Waals surface area contributed by atoms with E-state index in [0.717, 1.165) is 16.1 Å². The fourth-order valence-corrected chi connectivity index (χ4v) is 4.77. The van der Waals surface area contributed by atoms with Gasteiger partial charge in [0.25, 0.3) is 0 Å². The maximum atomic E-state index is 13.8. The van der Waals surface area contributed by atoms with E-state index in [1.54, 1.807) is 26.0 Å². The van der Waals surface area contributed by atoms with Crippen LogP contribution in [0.2, 0.25) is 0 Å². The van der Waals surface area contributed by atoms with Crippen molar-refractivity contribution in [3.05, 3.63) is 53.4 Å². The van der Waals surface area contributed by atoms with Crippen molar-refractivity contribution in [3.8, 4) is 0 Å². The summed E-state index contributed by atoms with van der Waals surface area (Å²) in [6.45, 7) is 9.37. The molecule has 0 saturated carbocycles. The van der Waals surface area contributed by atoms with Crippen LogP contribution in [0.25, 0.3) is 5.70 Å². The van der Waals surface area contributed by atoms with Crippen molar-refractivity contribution in [1.82, 2.24) is 9.62 Å². The highest BCUT2D eigenvalue weighted by Gasteiger charge is 2.40. The van der Waals surface area contributed by atoms with E-state index in [2.05, 4.69) is 5.32 Å². The van der Waals surface area contributed by atoms with Crippen LogP contribution in [-0.2, 0) is 24.3 Å². The van der Waals surface area contributed by atoms with Crippen LogP contribution in [0.1, 0.15) is 53.0 Å². The number of sulfonamides is 1. The molecule has 2 aliphatic rings. The van der Waals surface area contributed by atoms with E-state index < -0.39 is 45.3 Å². The number of hydrogen-bond donors (Lipinski definition) is 2. The lowest BCUT2D eigenvalue weighted by molar-refractivity contribution is -0.290. The molecule has 0 bridgehead atoms. The number of carboxylic acid groups (broad SMARTS) is 1. The van der Waals surface area contributed by atoms with Gasteiger partial charge in [0.05, 0.1) is 36.1 Å². The van der Waals surface area contributed by atoms with Crippen molar-refractivity contribution in [2.24, 2.45) is 10.9 Å². The predicted octanol–water partition coefficient (Wildman–Crippen LogP) is 3.74. The Morgan fingerprint density at radius 1 is 1.27 bits per heavy atom. The summed E-state index contributed by atoms with van der Waals surface area (Å²) in [5, 5.41) is 12.4. The number of aliphatic carboxylic acids is 1. The summed E-state index contributed by atoms with van der Waals surface area (Å²) in [6.07, 6.45) is 4.07. The first kappa shape index (κ1) is 28.8. The summed E-state index contributed by atoms with van der Waals surface area (Å²) in [7, 11) is -2.19. The van der Waals surface area contributed by atoms with Crippen LogP contribution in [-0.4, -0.2) is 66.6 Å². The first-order valence-electron chi connectivity index (χ1n) is 12.1. The molecule has 1 aromatic carbocycles. The molecule has 1 aromatic rings. The van der Waals surface area contributed by atoms with Crippen molar-refractivity contribution in [2.75, 3.05) is 13.3 Å². The van der Waals surface area contributed by atoms with E-state index in [9.17, 15) is 22.7 Å². The number of ether oxygens (including phenoxy) is 2. The summed E-state index contributed by atoms with van der Waals surface area (Å²) in [5.41, 5.74) is 1.13. The van der Waals surface area contributed by atoms with Gasteiger partial charge in [-0.25, -0.2) is 22.1 Å². The van der Waals surface area contributed by atoms with E-state index in [0.29, 0.717) is 17.7 Å². The summed E-state index contributed by atoms with van der Waals surface area (Å²) in [5.74, 6) is -2.22. The van der Waals surface area contributed by atoms with Gasteiger partial charge >= 0.3 is 5.97 Å². The molecule has 2 heterocycles. The normalized spacial score (nSPS) is 26.2. The van der Waals surface area contributed by atoms with Gasteiger partial charge in [-0.2, -0.15) is 0 Å². The lowest BCUT2D eigenvalue weighted by atomic mass is 9.78. The minimum absolute atomic E-state index is 0.0561. The molecule has 3 rings (SSSR count). The predicted molar refractivity (Wildman–Crippen MR) is 140 cm³/mol. The molecule has 1 unspecified atom stereocenters. The Morgan fingerprint density at radius 2 is 1.89 bits per heavy atom. The SMILES string of the molecule is CC(C)C1(C)N=C(N(C)S(C)(=O)=O)NC(c2ccc(F)cc2)=C1C=C[C@@H]1C[C@H](CC(=O)O)OC(C)(C)O1. The third kappa shape index (κ3) is 6.77. The molecule has 9 nitrogen and oxygen atoms in total. The highest BCUT2D eigenvalue weighted by molar-refractivity contribution is 7.88. The van der Waals surface area contributed by atoms with Crippen molar-refractivity contribution in [1.29, 1.82) is 0 Å². The number of halogens is 1. The van der Waals surface area contributed by atoms with Crippen LogP contribution in [0.15, 0.2) is 47.0 Å². The maximum absolute atomic E-state index is 13.8. The second kappa shape index (κ2) is 10.5. The molecule has 0 radical (unpaired) electrons. The molecule has 204 valence electrons. The molecule has 3 atom stereocenters. The van der Waals surface area contributed by atoms with Crippen LogP contribution in [0.5, 0.6) is 0 Å². The van der Waals surface area contributed by atoms with Crippen molar-refractivity contribution in [2.45, 2.75) is 71.0 Å². The van der Waals surface area contributed by atoms with E-state index in [4.69, 9.17) is 14.5 Å². The van der Waals surface area contributed by atoms with Gasteiger partial charge in [0, 0.05) is 19.0 Å². The number of nitrogens with one attached hydrogen (secondary N) is 1. The monoisotopic (exact) mass is 537 g/mol. The molecular formula is C26H36FN3O6S. The number of guanidine groups is 1. The van der Waals surface area contributed by atoms with E-state index in [-0.39, 0.29) is 18.3 Å². The molecule has 0 spiro atoms. The molecule has 0 aromatic heterocycles. The zero-order valence-corrected chi connectivity index (χ0v) is 23.1. The van der Waals surface area contributed by atoms with Gasteiger partial charge in [-0.3, -0.25) is 4.79 Å². The third-order valence-electron chi connectivity index (χ3n) is 6.70. The second-order valence-electron chi connectivity index (χ2n) is 10.4. The quantitative estimate of drug-likeness (QED) is 0.544. The Balaban J connectivity index is 2.11. The number of hydrogen-bond acceptors (Lipinski definition) is 7. The first-order chi connectivity index (χ1) is 17.0. The number of carbonyl (C=O) groups is 1. The zero-order chi connectivity index (χ0) is 27.8. The summed E-state index contributed by atoms with van der Waals surface area (Å²) < 4.78 is 51.3. The molecule has 0 amide bonds. The van der Waals surface area contributed by atoms with Crippen molar-refractivity contribution < 1.29 is 32.2 Å². The number of nitrogens with zero attached hydrogens (tertiary/aromatic N) is 2. The summed E-state index contributed by atoms with van der Waals surface area (Å²) in [6, 6.07) is 5.91. The fraction of sp³-hybridized carbons (Fsp3) is 0.538. The molecule has 37 heavy (non-hydrogen) atoms. The molecule has 2 aliphatic heterocycles. The van der Waals surface area contributed by atoms with Crippen molar-refractivity contribution in [3.63, 3.8) is 0 Å². The highest BCUT2D eigenvalue weighted by Crippen LogP contribution is 2.39. The van der Waals surface area contributed by atoms with Crippen LogP contribution >= 0.6 is 0 Å². The zero-order valence-electron chi connectivity index (χ0n) is 22.3. The van der Waals surface area contributed by atoms with Gasteiger partial charge in [-0.1, -0.05) is 26.0 Å². The minimum Gasteiger partial charge on any atom is -0.481 e. The standard InChI is InChI=1S/C26H36FN3O6S/c1-16(2)26(5)21(13-12-19-14-20(15-22(31)32)36-25(3,4)35-19)23(17-8-10-18(27)11-9-17)28-24(29-26)30(6)37(7,33)34/h8-13,16,19-20H,14-15H2,1-7H3,(H,28,29)(H,31,32)/t19-,20-,26?/m1/s1. The van der Waals surface area contributed by atoms with Gasteiger partial charge in [0.15, 0.2) is 5.79 Å². The van der Waals surface area contributed by atoms with Gasteiger partial charge in [0.2, 0.25) is 16.0 Å². The Labute approximate surface area is 218 Å². The van der Waals surface area contributed by atoms with Crippen LogP contribution in [0, 0.1) is 11.7 Å². The number of benzene rings is 1. The Morgan fingerprint density at radius 3 is 2.43 bits per heavy atom. The molecule has 0 aliphatic carbocycles. The Bertz CT molecular complexity index is 1220. The van der Waals surface area contributed by atoms with Crippen LogP contribution in [0.4, 0.5) is 4.39 Å². The van der Waals surface area contributed by atoms with Gasteiger partial charge in [-0.15, -0.1) is 0 Å². The van der Waals surface area contributed by atoms with E-state index >= 15 is 0 Å². The van der Waals surface area contributed by atoms with Crippen LogP contribution in [0.3, 0.4) is 0 Å². The molecule has 2 N–H and O–H groups in total. The van der Waals surface area contributed by atoms with Gasteiger partial charge in [0.1, 0.15) is 5.82 Å². The topological polar surface area (TPSA) is 118 Å². The number of rotatable bonds is 7. The smallest absolute Gasteiger partial charge is 0.305 e. The van der Waals surface area contributed by atoms with Gasteiger partial charge in [-0.05, 0) is 56.5 Å². The Hall–Kier alpha value is -2.76. The third-order valence-corrected chi connectivity index (χ3v) is 7.87. The number of carboxylic acids is 1. The average Bonchev–Trinajstić information content (AvgIpc) is 2.75. The lowest BCUT2D eigenvalue weighted by Crippen LogP contribution is -2.49. The maximum Gasteiger partial charge on any atom is 0.305 e. The number of aliphatic imine (C=N–C) groups is 1. The van der Waals surface area contributed by atoms with Crippen LogP contribution < -0.4 is 5.32 Å². The lowest BCUT2D eigenvalue weighted by Gasteiger charge is -2.41. The Kier molecular flexibility index (Phi) is 8.21. The highest BCUT2D eigenvalue weighted by atomic mass is 32.2. The minimum atomic E-state index is -3.61. The summed E-state index contributed by atoms with van der Waals surface area (Å²) in [4.78, 5) is 16.1. The van der Waals surface area contributed by atoms with Gasteiger partial charge < -0.3 is 19.9 Å². The average molecular weight is 538 g/mol. The molecular weight excluding hydrogens is 501 g/mol. The first-order valence-corrected chi connectivity index (χ1v) is 13.9. The van der Waals surface area contributed by atoms with E-state index in [1.165, 1.54) is 19.2 Å². The van der Waals surface area contributed by atoms with E-state index in [1.807, 2.05) is 32.9 Å². The molecule has 11 heteroatoms. The molecule has 1 saturated heterocycles.